The van der Waals surface area contributed by atoms with Crippen LogP contribution in [0.25, 0.3) is 0 Å². The van der Waals surface area contributed by atoms with E-state index in [1.807, 2.05) is 0 Å². The Morgan fingerprint density at radius 1 is 1.44 bits per heavy atom. The van der Waals surface area contributed by atoms with Crippen LogP contribution in [0.3, 0.4) is 0 Å². The standard InChI is InChI=1S/C11H14N2O3/c1-15-10-6-9(12-7-13-10)11(14)8-2-4-16-5-3-8/h6-8H,2-5H2,1H3. The third kappa shape index (κ3) is 2.36. The highest BCUT2D eigenvalue weighted by molar-refractivity contribution is 5.96. The summed E-state index contributed by atoms with van der Waals surface area (Å²) in [4.78, 5) is 19.9. The number of Topliss-reactive ketones (excluding diaryl/α,β-unsaturated/α-hetero) is 1. The highest BCUT2D eigenvalue weighted by atomic mass is 16.5. The number of rotatable bonds is 3. The Hall–Kier alpha value is -1.49. The Labute approximate surface area is 93.8 Å². The van der Waals surface area contributed by atoms with Crippen LogP contribution in [0.2, 0.25) is 0 Å². The molecule has 0 amide bonds. The summed E-state index contributed by atoms with van der Waals surface area (Å²) in [5, 5.41) is 0. The van der Waals surface area contributed by atoms with Crippen molar-refractivity contribution in [2.75, 3.05) is 20.3 Å². The van der Waals surface area contributed by atoms with E-state index in [1.165, 1.54) is 13.4 Å². The molecular weight excluding hydrogens is 208 g/mol. The van der Waals surface area contributed by atoms with Crippen LogP contribution in [0.15, 0.2) is 12.4 Å². The quantitative estimate of drug-likeness (QED) is 0.716. The number of aromatic nitrogens is 2. The van der Waals surface area contributed by atoms with Gasteiger partial charge in [0, 0.05) is 25.2 Å². The highest BCUT2D eigenvalue weighted by Crippen LogP contribution is 2.20. The number of carbonyl (C=O) groups is 1. The fraction of sp³-hybridized carbons (Fsp3) is 0.545. The van der Waals surface area contributed by atoms with Crippen LogP contribution in [0.1, 0.15) is 23.3 Å². The van der Waals surface area contributed by atoms with Gasteiger partial charge >= 0.3 is 0 Å². The van der Waals surface area contributed by atoms with Crippen molar-refractivity contribution >= 4 is 5.78 Å². The van der Waals surface area contributed by atoms with Crippen LogP contribution in [-0.4, -0.2) is 36.1 Å². The Bertz CT molecular complexity index is 375. The SMILES string of the molecule is COc1cc(C(=O)C2CCOCC2)ncn1. The normalized spacial score (nSPS) is 17.1. The Morgan fingerprint density at radius 3 is 2.88 bits per heavy atom. The van der Waals surface area contributed by atoms with E-state index in [4.69, 9.17) is 9.47 Å². The summed E-state index contributed by atoms with van der Waals surface area (Å²) >= 11 is 0. The van der Waals surface area contributed by atoms with Gasteiger partial charge in [0.15, 0.2) is 5.78 Å². The summed E-state index contributed by atoms with van der Waals surface area (Å²) in [5.41, 5.74) is 0.429. The van der Waals surface area contributed by atoms with Gasteiger partial charge in [-0.2, -0.15) is 0 Å². The van der Waals surface area contributed by atoms with Crippen molar-refractivity contribution in [1.29, 1.82) is 0 Å². The molecule has 16 heavy (non-hydrogen) atoms. The van der Waals surface area contributed by atoms with Crippen molar-refractivity contribution < 1.29 is 14.3 Å². The molecular formula is C11H14N2O3. The first-order chi connectivity index (χ1) is 7.81. The van der Waals surface area contributed by atoms with Gasteiger partial charge in [-0.05, 0) is 12.8 Å². The van der Waals surface area contributed by atoms with Crippen LogP contribution in [0.4, 0.5) is 0 Å². The van der Waals surface area contributed by atoms with Gasteiger partial charge < -0.3 is 9.47 Å². The first-order valence-corrected chi connectivity index (χ1v) is 5.29. The molecule has 0 spiro atoms. The van der Waals surface area contributed by atoms with E-state index < -0.39 is 0 Å². The van der Waals surface area contributed by atoms with Gasteiger partial charge in [-0.1, -0.05) is 0 Å². The molecule has 2 heterocycles. The lowest BCUT2D eigenvalue weighted by Crippen LogP contribution is -2.24. The Kier molecular flexibility index (Phi) is 3.46. The second-order valence-corrected chi connectivity index (χ2v) is 3.70. The fourth-order valence-corrected chi connectivity index (χ4v) is 1.75. The maximum Gasteiger partial charge on any atom is 0.216 e. The first-order valence-electron chi connectivity index (χ1n) is 5.29. The van der Waals surface area contributed by atoms with Gasteiger partial charge in [0.05, 0.1) is 7.11 Å². The van der Waals surface area contributed by atoms with Crippen molar-refractivity contribution in [3.63, 3.8) is 0 Å². The molecule has 5 nitrogen and oxygen atoms in total. The van der Waals surface area contributed by atoms with E-state index in [-0.39, 0.29) is 11.7 Å². The van der Waals surface area contributed by atoms with E-state index in [1.54, 1.807) is 6.07 Å². The summed E-state index contributed by atoms with van der Waals surface area (Å²) < 4.78 is 10.2. The largest absolute Gasteiger partial charge is 0.481 e. The van der Waals surface area contributed by atoms with Crippen LogP contribution in [0, 0.1) is 5.92 Å². The third-order valence-corrected chi connectivity index (χ3v) is 2.70. The summed E-state index contributed by atoms with van der Waals surface area (Å²) in [6, 6.07) is 1.58. The molecule has 0 unspecified atom stereocenters. The number of hydrogen-bond acceptors (Lipinski definition) is 5. The van der Waals surface area contributed by atoms with Crippen molar-refractivity contribution in [2.24, 2.45) is 5.92 Å². The van der Waals surface area contributed by atoms with Crippen molar-refractivity contribution in [1.82, 2.24) is 9.97 Å². The lowest BCUT2D eigenvalue weighted by Gasteiger charge is -2.20. The minimum atomic E-state index is 0.0216. The van der Waals surface area contributed by atoms with E-state index in [0.29, 0.717) is 24.8 Å². The smallest absolute Gasteiger partial charge is 0.216 e. The van der Waals surface area contributed by atoms with E-state index in [2.05, 4.69) is 9.97 Å². The van der Waals surface area contributed by atoms with Gasteiger partial charge in [-0.15, -0.1) is 0 Å². The van der Waals surface area contributed by atoms with E-state index in [9.17, 15) is 4.79 Å². The summed E-state index contributed by atoms with van der Waals surface area (Å²) in [6.07, 6.45) is 2.89. The number of ether oxygens (including phenoxy) is 2. The zero-order valence-corrected chi connectivity index (χ0v) is 9.18. The average molecular weight is 222 g/mol. The summed E-state index contributed by atoms with van der Waals surface area (Å²) in [6.45, 7) is 1.30. The molecule has 1 aromatic rings. The van der Waals surface area contributed by atoms with Gasteiger partial charge in [0.1, 0.15) is 12.0 Å². The van der Waals surface area contributed by atoms with E-state index >= 15 is 0 Å². The molecule has 1 aliphatic rings. The topological polar surface area (TPSA) is 61.3 Å². The van der Waals surface area contributed by atoms with Gasteiger partial charge in [0.25, 0.3) is 0 Å². The van der Waals surface area contributed by atoms with Gasteiger partial charge in [-0.3, -0.25) is 4.79 Å². The molecule has 1 fully saturated rings. The number of hydrogen-bond donors (Lipinski definition) is 0. The number of methoxy groups -OCH3 is 1. The van der Waals surface area contributed by atoms with Crippen LogP contribution in [-0.2, 0) is 4.74 Å². The molecule has 1 saturated heterocycles. The summed E-state index contributed by atoms with van der Waals surface area (Å²) in [5.74, 6) is 0.503. The second kappa shape index (κ2) is 5.03. The maximum absolute atomic E-state index is 12.1. The minimum Gasteiger partial charge on any atom is -0.481 e. The number of nitrogens with zero attached hydrogens (tertiary/aromatic N) is 2. The lowest BCUT2D eigenvalue weighted by molar-refractivity contribution is 0.0541. The Balaban J connectivity index is 2.12. The third-order valence-electron chi connectivity index (χ3n) is 2.70. The lowest BCUT2D eigenvalue weighted by atomic mass is 9.93. The van der Waals surface area contributed by atoms with Gasteiger partial charge in [0.2, 0.25) is 5.88 Å². The molecule has 0 saturated carbocycles. The molecule has 86 valence electrons. The molecule has 0 aliphatic carbocycles. The molecule has 5 heteroatoms. The van der Waals surface area contributed by atoms with Gasteiger partial charge in [-0.25, -0.2) is 9.97 Å². The zero-order chi connectivity index (χ0) is 11.4. The average Bonchev–Trinajstić information content (AvgIpc) is 2.39. The molecule has 0 aromatic carbocycles. The molecule has 0 atom stereocenters. The zero-order valence-electron chi connectivity index (χ0n) is 9.18. The molecule has 2 rings (SSSR count). The molecule has 1 aromatic heterocycles. The molecule has 0 bridgehead atoms. The predicted molar refractivity (Wildman–Crippen MR) is 56.5 cm³/mol. The first kappa shape index (κ1) is 11.0. The monoisotopic (exact) mass is 222 g/mol. The van der Waals surface area contributed by atoms with Crippen LogP contribution < -0.4 is 4.74 Å². The summed E-state index contributed by atoms with van der Waals surface area (Å²) in [7, 11) is 1.52. The number of ketones is 1. The van der Waals surface area contributed by atoms with Crippen molar-refractivity contribution in [3.05, 3.63) is 18.1 Å². The van der Waals surface area contributed by atoms with E-state index in [0.717, 1.165) is 12.8 Å². The van der Waals surface area contributed by atoms with Crippen molar-refractivity contribution in [2.45, 2.75) is 12.8 Å². The van der Waals surface area contributed by atoms with Crippen molar-refractivity contribution in [3.8, 4) is 5.88 Å². The van der Waals surface area contributed by atoms with Crippen LogP contribution >= 0.6 is 0 Å². The van der Waals surface area contributed by atoms with Crippen LogP contribution in [0.5, 0.6) is 5.88 Å². The number of carbonyl (C=O) groups excluding carboxylic acids is 1. The fourth-order valence-electron chi connectivity index (χ4n) is 1.75. The maximum atomic E-state index is 12.1. The molecule has 1 aliphatic heterocycles. The Morgan fingerprint density at radius 2 is 2.19 bits per heavy atom. The molecule has 0 N–H and O–H groups in total. The minimum absolute atomic E-state index is 0.0216. The second-order valence-electron chi connectivity index (χ2n) is 3.70. The molecule has 0 radical (unpaired) electrons. The highest BCUT2D eigenvalue weighted by Gasteiger charge is 2.24. The predicted octanol–water partition coefficient (Wildman–Crippen LogP) is 1.09.